The summed E-state index contributed by atoms with van der Waals surface area (Å²) in [7, 11) is 2.89. The summed E-state index contributed by atoms with van der Waals surface area (Å²) < 4.78 is 16.5. The molecule has 0 fully saturated rings. The molecule has 3 aromatic rings. The molecule has 2 atom stereocenters. The van der Waals surface area contributed by atoms with E-state index in [1.54, 1.807) is 30.3 Å². The summed E-state index contributed by atoms with van der Waals surface area (Å²) >= 11 is 0. The van der Waals surface area contributed by atoms with Crippen molar-refractivity contribution in [2.45, 2.75) is 25.6 Å². The summed E-state index contributed by atoms with van der Waals surface area (Å²) in [6.45, 7) is 1.64. The Kier molecular flexibility index (Phi) is 9.36. The number of hydrogen-bond acceptors (Lipinski definition) is 8. The van der Waals surface area contributed by atoms with Crippen LogP contribution in [0.2, 0.25) is 0 Å². The summed E-state index contributed by atoms with van der Waals surface area (Å²) in [4.78, 5) is 25.1. The molecular weight excluding hydrogens is 492 g/mol. The molecule has 0 saturated heterocycles. The molecule has 0 aliphatic carbocycles. The number of ether oxygens (including phenoxy) is 3. The van der Waals surface area contributed by atoms with Crippen molar-refractivity contribution >= 4 is 23.4 Å². The molecule has 1 amide bonds. The van der Waals surface area contributed by atoms with Gasteiger partial charge in [-0.2, -0.15) is 0 Å². The Bertz CT molecular complexity index is 1280. The van der Waals surface area contributed by atoms with Crippen molar-refractivity contribution in [1.82, 2.24) is 5.32 Å². The van der Waals surface area contributed by atoms with Crippen molar-refractivity contribution in [1.29, 1.82) is 0 Å². The largest absolute Gasteiger partial charge is 0.493 e. The number of anilines is 1. The molecule has 0 aromatic heterocycles. The van der Waals surface area contributed by atoms with Crippen LogP contribution in [0.4, 0.5) is 5.69 Å². The van der Waals surface area contributed by atoms with Crippen molar-refractivity contribution in [2.24, 2.45) is 10.9 Å². The first-order chi connectivity index (χ1) is 18.3. The van der Waals surface area contributed by atoms with E-state index >= 15 is 0 Å². The van der Waals surface area contributed by atoms with Gasteiger partial charge in [0.1, 0.15) is 11.8 Å². The Balaban J connectivity index is 2.05. The van der Waals surface area contributed by atoms with Crippen LogP contribution in [0, 0.1) is 0 Å². The number of methoxy groups -OCH3 is 2. The highest BCUT2D eigenvalue weighted by Gasteiger charge is 2.28. The van der Waals surface area contributed by atoms with Gasteiger partial charge >= 0.3 is 5.97 Å². The third-order valence-electron chi connectivity index (χ3n) is 5.65. The van der Waals surface area contributed by atoms with E-state index in [2.05, 4.69) is 15.8 Å². The minimum Gasteiger partial charge on any atom is -0.493 e. The number of nitrogens with one attached hydrogen (secondary N) is 2. The maximum absolute atomic E-state index is 13.6. The Morgan fingerprint density at radius 1 is 0.974 bits per heavy atom. The van der Waals surface area contributed by atoms with Crippen LogP contribution in [0.3, 0.4) is 0 Å². The van der Waals surface area contributed by atoms with Crippen LogP contribution < -0.4 is 30.6 Å². The van der Waals surface area contributed by atoms with E-state index < -0.39 is 24.0 Å². The summed E-state index contributed by atoms with van der Waals surface area (Å²) in [5.41, 5.74) is 7.88. The SMILES string of the molecule is COc1cc(O[C@H](C)C(=O)O)c(C(Nc2ccc(C(N)=NO)cc2)C(=O)NCc2ccccc2)cc1OC. The van der Waals surface area contributed by atoms with Gasteiger partial charge in [-0.1, -0.05) is 35.5 Å². The van der Waals surface area contributed by atoms with Crippen LogP contribution in [0.1, 0.15) is 29.7 Å². The first-order valence-corrected chi connectivity index (χ1v) is 11.6. The lowest BCUT2D eigenvalue weighted by molar-refractivity contribution is -0.144. The number of nitrogens with two attached hydrogens (primary N) is 1. The fraction of sp³-hybridized carbons (Fsp3) is 0.222. The third kappa shape index (κ3) is 6.84. The summed E-state index contributed by atoms with van der Waals surface area (Å²) in [5.74, 6) is -0.903. The van der Waals surface area contributed by atoms with Crippen LogP contribution >= 0.6 is 0 Å². The van der Waals surface area contributed by atoms with E-state index in [9.17, 15) is 14.7 Å². The zero-order valence-electron chi connectivity index (χ0n) is 21.2. The molecule has 11 heteroatoms. The van der Waals surface area contributed by atoms with Crippen molar-refractivity contribution in [3.05, 3.63) is 83.4 Å². The van der Waals surface area contributed by atoms with Gasteiger partial charge in [-0.25, -0.2) is 4.79 Å². The van der Waals surface area contributed by atoms with Crippen LogP contribution in [-0.2, 0) is 16.1 Å². The smallest absolute Gasteiger partial charge is 0.344 e. The van der Waals surface area contributed by atoms with E-state index in [-0.39, 0.29) is 18.1 Å². The molecule has 0 spiro atoms. The number of aliphatic carboxylic acids is 1. The van der Waals surface area contributed by atoms with E-state index in [4.69, 9.17) is 25.2 Å². The number of benzene rings is 3. The van der Waals surface area contributed by atoms with E-state index in [1.165, 1.54) is 27.2 Å². The van der Waals surface area contributed by atoms with E-state index in [1.807, 2.05) is 30.3 Å². The second kappa shape index (κ2) is 12.9. The summed E-state index contributed by atoms with van der Waals surface area (Å²) in [5, 5.41) is 27.4. The van der Waals surface area contributed by atoms with Crippen LogP contribution in [0.15, 0.2) is 71.9 Å². The van der Waals surface area contributed by atoms with Crippen LogP contribution in [0.5, 0.6) is 17.2 Å². The minimum absolute atomic E-state index is 0.0630. The fourth-order valence-electron chi connectivity index (χ4n) is 3.58. The lowest BCUT2D eigenvalue weighted by Crippen LogP contribution is -2.34. The number of nitrogens with zero attached hydrogens (tertiary/aromatic N) is 1. The standard InChI is InChI=1S/C27H30N4O7/c1-16(27(33)34)38-21-14-23(37-3)22(36-2)13-20(21)24(26(32)29-15-17-7-5-4-6-8-17)30-19-11-9-18(10-12-19)25(28)31-35/h4-14,16,24,30,35H,15H2,1-3H3,(H2,28,31)(H,29,32)(H,33,34)/t16-,24?/m1/s1. The molecule has 11 nitrogen and oxygen atoms in total. The zero-order chi connectivity index (χ0) is 27.7. The molecule has 0 heterocycles. The molecule has 0 saturated carbocycles. The average Bonchev–Trinajstić information content (AvgIpc) is 2.94. The van der Waals surface area contributed by atoms with Gasteiger partial charge in [0.2, 0.25) is 5.91 Å². The topological polar surface area (TPSA) is 165 Å². The first-order valence-electron chi connectivity index (χ1n) is 11.6. The molecule has 1 unspecified atom stereocenters. The van der Waals surface area contributed by atoms with Gasteiger partial charge in [0.25, 0.3) is 0 Å². The number of hydrogen-bond donors (Lipinski definition) is 5. The maximum atomic E-state index is 13.6. The first kappa shape index (κ1) is 27.7. The number of carbonyl (C=O) groups is 2. The molecule has 0 bridgehead atoms. The van der Waals surface area contributed by atoms with E-state index in [0.717, 1.165) is 5.56 Å². The summed E-state index contributed by atoms with van der Waals surface area (Å²) in [6.07, 6.45) is -1.21. The number of carboxylic acid groups (broad SMARTS) is 1. The fourth-order valence-corrected chi connectivity index (χ4v) is 3.58. The van der Waals surface area contributed by atoms with Crippen LogP contribution in [0.25, 0.3) is 0 Å². The monoisotopic (exact) mass is 522 g/mol. The predicted molar refractivity (Wildman–Crippen MR) is 141 cm³/mol. The number of carbonyl (C=O) groups excluding carboxylic acids is 1. The second-order valence-electron chi connectivity index (χ2n) is 8.19. The van der Waals surface area contributed by atoms with Crippen LogP contribution in [-0.4, -0.2) is 48.3 Å². The van der Waals surface area contributed by atoms with Gasteiger partial charge in [-0.3, -0.25) is 4.79 Å². The predicted octanol–water partition coefficient (Wildman–Crippen LogP) is 3.12. The molecule has 0 aliphatic rings. The molecule has 0 radical (unpaired) electrons. The number of oxime groups is 1. The normalized spacial score (nSPS) is 12.7. The van der Waals surface area contributed by atoms with Crippen molar-refractivity contribution in [3.63, 3.8) is 0 Å². The second-order valence-corrected chi connectivity index (χ2v) is 8.19. The van der Waals surface area contributed by atoms with Crippen molar-refractivity contribution < 1.29 is 34.1 Å². The van der Waals surface area contributed by atoms with Gasteiger partial charge < -0.3 is 40.9 Å². The van der Waals surface area contributed by atoms with E-state index in [0.29, 0.717) is 28.3 Å². The highest BCUT2D eigenvalue weighted by Crippen LogP contribution is 2.39. The average molecular weight is 523 g/mol. The van der Waals surface area contributed by atoms with Gasteiger partial charge in [0.15, 0.2) is 23.4 Å². The van der Waals surface area contributed by atoms with Gasteiger partial charge in [-0.15, -0.1) is 0 Å². The van der Waals surface area contributed by atoms with Gasteiger partial charge in [-0.05, 0) is 42.8 Å². The Morgan fingerprint density at radius 2 is 1.61 bits per heavy atom. The number of amidine groups is 1. The van der Waals surface area contributed by atoms with Gasteiger partial charge in [0.05, 0.1) is 14.2 Å². The molecule has 3 rings (SSSR count). The lowest BCUT2D eigenvalue weighted by atomic mass is 10.0. The Labute approximate surface area is 219 Å². The maximum Gasteiger partial charge on any atom is 0.344 e. The number of rotatable bonds is 12. The van der Waals surface area contributed by atoms with Gasteiger partial charge in [0, 0.05) is 29.4 Å². The highest BCUT2D eigenvalue weighted by molar-refractivity contribution is 5.97. The molecule has 38 heavy (non-hydrogen) atoms. The number of amides is 1. The Hall–Kier alpha value is -4.93. The minimum atomic E-state index is -1.21. The molecule has 200 valence electrons. The molecule has 3 aromatic carbocycles. The van der Waals surface area contributed by atoms with Crippen molar-refractivity contribution in [3.8, 4) is 17.2 Å². The zero-order valence-corrected chi connectivity index (χ0v) is 21.2. The third-order valence-corrected chi connectivity index (χ3v) is 5.65. The van der Waals surface area contributed by atoms with Crippen molar-refractivity contribution in [2.75, 3.05) is 19.5 Å². The summed E-state index contributed by atoms with van der Waals surface area (Å²) in [6, 6.07) is 17.9. The Morgan fingerprint density at radius 3 is 2.18 bits per heavy atom. The highest BCUT2D eigenvalue weighted by atomic mass is 16.5. The molecule has 6 N–H and O–H groups in total. The lowest BCUT2D eigenvalue weighted by Gasteiger charge is -2.25. The molecule has 0 aliphatic heterocycles. The quantitative estimate of drug-likeness (QED) is 0.104. The number of carboxylic acids is 1. The molecular formula is C27H30N4O7.